The van der Waals surface area contributed by atoms with E-state index >= 15 is 0 Å². The van der Waals surface area contributed by atoms with Gasteiger partial charge in [0.2, 0.25) is 5.95 Å². The molecule has 2 aromatic heterocycles. The van der Waals surface area contributed by atoms with Gasteiger partial charge in [-0.05, 0) is 37.3 Å². The Morgan fingerprint density at radius 1 is 1.25 bits per heavy atom. The highest BCUT2D eigenvalue weighted by atomic mass is 35.5. The van der Waals surface area contributed by atoms with Gasteiger partial charge in [-0.2, -0.15) is 0 Å². The van der Waals surface area contributed by atoms with Crippen molar-refractivity contribution in [2.45, 2.75) is 25.7 Å². The summed E-state index contributed by atoms with van der Waals surface area (Å²) in [4.78, 5) is 27.2. The molecular weight excluding hydrogens is 326 g/mol. The van der Waals surface area contributed by atoms with Gasteiger partial charge in [-0.1, -0.05) is 17.7 Å². The summed E-state index contributed by atoms with van der Waals surface area (Å²) in [7, 11) is 0. The Morgan fingerprint density at radius 2 is 2.08 bits per heavy atom. The van der Waals surface area contributed by atoms with Crippen molar-refractivity contribution >= 4 is 23.5 Å². The van der Waals surface area contributed by atoms with Gasteiger partial charge in [-0.15, -0.1) is 0 Å². The number of nitrogens with zero attached hydrogens (tertiary/aromatic N) is 4. The summed E-state index contributed by atoms with van der Waals surface area (Å²) in [5.74, 6) is 0.307. The van der Waals surface area contributed by atoms with Gasteiger partial charge in [0.15, 0.2) is 5.69 Å². The van der Waals surface area contributed by atoms with Gasteiger partial charge in [-0.3, -0.25) is 9.78 Å². The molecule has 3 rings (SSSR count). The maximum Gasteiger partial charge on any atom is 0.271 e. The number of carbonyl (C=O) groups is 1. The zero-order chi connectivity index (χ0) is 16.8. The monoisotopic (exact) mass is 345 g/mol. The quantitative estimate of drug-likeness (QED) is 0.901. The molecule has 0 aromatic carbocycles. The molecule has 24 heavy (non-hydrogen) atoms. The average molecular weight is 346 g/mol. The first-order valence-corrected chi connectivity index (χ1v) is 8.56. The minimum atomic E-state index is -0.274. The Hall–Kier alpha value is -2.21. The van der Waals surface area contributed by atoms with E-state index in [0.717, 1.165) is 31.5 Å². The predicted molar refractivity (Wildman–Crippen MR) is 93.4 cm³/mol. The number of nitrogens with one attached hydrogen (secondary N) is 1. The van der Waals surface area contributed by atoms with E-state index in [9.17, 15) is 4.79 Å². The van der Waals surface area contributed by atoms with Crippen LogP contribution in [0.2, 0.25) is 5.02 Å². The van der Waals surface area contributed by atoms with Crippen molar-refractivity contribution in [3.8, 4) is 0 Å². The van der Waals surface area contributed by atoms with Crippen molar-refractivity contribution in [2.75, 3.05) is 24.5 Å². The minimum Gasteiger partial charge on any atom is -0.350 e. The number of carbonyl (C=O) groups excluding carboxylic acids is 1. The highest BCUT2D eigenvalue weighted by Crippen LogP contribution is 2.19. The van der Waals surface area contributed by atoms with E-state index in [4.69, 9.17) is 11.6 Å². The molecule has 1 aliphatic rings. The van der Waals surface area contributed by atoms with Crippen LogP contribution in [0.15, 0.2) is 30.7 Å². The van der Waals surface area contributed by atoms with Crippen LogP contribution in [0.3, 0.4) is 0 Å². The first-order chi connectivity index (χ1) is 11.7. The number of amides is 1. The van der Waals surface area contributed by atoms with E-state index in [1.807, 2.05) is 12.1 Å². The Morgan fingerprint density at radius 3 is 2.83 bits per heavy atom. The van der Waals surface area contributed by atoms with Gasteiger partial charge in [-0.25, -0.2) is 9.97 Å². The Labute approximate surface area is 146 Å². The van der Waals surface area contributed by atoms with Gasteiger partial charge in [0.1, 0.15) is 0 Å². The zero-order valence-electron chi connectivity index (χ0n) is 13.4. The first-order valence-electron chi connectivity index (χ1n) is 8.18. The van der Waals surface area contributed by atoms with E-state index in [2.05, 4.69) is 25.2 Å². The van der Waals surface area contributed by atoms with Crippen LogP contribution in [0, 0.1) is 0 Å². The third kappa shape index (κ3) is 4.20. The molecule has 0 unspecified atom stereocenters. The molecule has 2 aromatic rings. The third-order valence-corrected chi connectivity index (χ3v) is 4.28. The van der Waals surface area contributed by atoms with Crippen LogP contribution in [0.25, 0.3) is 0 Å². The standard InChI is InChI=1S/C17H20ClN5O/c18-14-12-21-17(23-9-2-1-3-10-23)22-15(14)16(24)20-8-6-13-5-4-7-19-11-13/h4-5,7,11-12H,1-3,6,8-10H2,(H,20,24). The normalized spacial score (nSPS) is 14.5. The van der Waals surface area contributed by atoms with E-state index in [1.54, 1.807) is 12.4 Å². The predicted octanol–water partition coefficient (Wildman–Crippen LogP) is 2.49. The second-order valence-electron chi connectivity index (χ2n) is 5.78. The Kier molecular flexibility index (Phi) is 5.59. The molecule has 0 saturated carbocycles. The third-order valence-electron chi connectivity index (χ3n) is 4.01. The fourth-order valence-electron chi connectivity index (χ4n) is 2.71. The van der Waals surface area contributed by atoms with Crippen LogP contribution < -0.4 is 10.2 Å². The molecule has 1 amide bonds. The SMILES string of the molecule is O=C(NCCc1cccnc1)c1nc(N2CCCCC2)ncc1Cl. The average Bonchev–Trinajstić information content (AvgIpc) is 2.63. The number of pyridine rings is 1. The zero-order valence-corrected chi connectivity index (χ0v) is 14.2. The topological polar surface area (TPSA) is 71.0 Å². The molecule has 3 heterocycles. The number of hydrogen-bond acceptors (Lipinski definition) is 5. The fourth-order valence-corrected chi connectivity index (χ4v) is 2.89. The lowest BCUT2D eigenvalue weighted by molar-refractivity contribution is 0.0949. The highest BCUT2D eigenvalue weighted by molar-refractivity contribution is 6.33. The largest absolute Gasteiger partial charge is 0.350 e. The lowest BCUT2D eigenvalue weighted by Crippen LogP contribution is -2.32. The fraction of sp³-hybridized carbons (Fsp3) is 0.412. The van der Waals surface area contributed by atoms with Crippen molar-refractivity contribution in [2.24, 2.45) is 0 Å². The summed E-state index contributed by atoms with van der Waals surface area (Å²) in [5, 5.41) is 3.13. The van der Waals surface area contributed by atoms with Crippen LogP contribution in [0.1, 0.15) is 35.3 Å². The summed E-state index contributed by atoms with van der Waals surface area (Å²) in [6.07, 6.45) is 9.21. The summed E-state index contributed by atoms with van der Waals surface area (Å²) in [6, 6.07) is 3.86. The number of rotatable bonds is 5. The highest BCUT2D eigenvalue weighted by Gasteiger charge is 2.18. The van der Waals surface area contributed by atoms with Gasteiger partial charge >= 0.3 is 0 Å². The molecule has 0 aliphatic carbocycles. The molecule has 1 N–H and O–H groups in total. The summed E-state index contributed by atoms with van der Waals surface area (Å²) < 4.78 is 0. The van der Waals surface area contributed by atoms with E-state index in [0.29, 0.717) is 18.9 Å². The molecular formula is C17H20ClN5O. The van der Waals surface area contributed by atoms with Crippen molar-refractivity contribution in [3.05, 3.63) is 47.0 Å². The second kappa shape index (κ2) is 8.06. The van der Waals surface area contributed by atoms with Gasteiger partial charge in [0, 0.05) is 32.0 Å². The summed E-state index contributed by atoms with van der Waals surface area (Å²) in [5.41, 5.74) is 1.30. The number of hydrogen-bond donors (Lipinski definition) is 1. The molecule has 0 atom stereocenters. The van der Waals surface area contributed by atoms with E-state index in [-0.39, 0.29) is 16.6 Å². The first kappa shape index (κ1) is 16.6. The molecule has 6 nitrogen and oxygen atoms in total. The van der Waals surface area contributed by atoms with Crippen LogP contribution in [0.5, 0.6) is 0 Å². The van der Waals surface area contributed by atoms with Crippen LogP contribution in [-0.2, 0) is 6.42 Å². The number of piperidine rings is 1. The van der Waals surface area contributed by atoms with E-state index < -0.39 is 0 Å². The molecule has 0 radical (unpaired) electrons. The van der Waals surface area contributed by atoms with Gasteiger partial charge < -0.3 is 10.2 Å². The molecule has 1 saturated heterocycles. The summed E-state index contributed by atoms with van der Waals surface area (Å²) >= 11 is 6.11. The molecule has 1 fully saturated rings. The minimum absolute atomic E-state index is 0.235. The lowest BCUT2D eigenvalue weighted by Gasteiger charge is -2.26. The maximum absolute atomic E-state index is 12.4. The van der Waals surface area contributed by atoms with Crippen molar-refractivity contribution in [3.63, 3.8) is 0 Å². The molecule has 126 valence electrons. The summed E-state index contributed by atoms with van der Waals surface area (Å²) in [6.45, 7) is 2.34. The molecule has 1 aliphatic heterocycles. The van der Waals surface area contributed by atoms with Gasteiger partial charge in [0.05, 0.1) is 11.2 Å². The van der Waals surface area contributed by atoms with E-state index in [1.165, 1.54) is 12.6 Å². The molecule has 0 bridgehead atoms. The van der Waals surface area contributed by atoms with Crippen molar-refractivity contribution in [1.29, 1.82) is 0 Å². The maximum atomic E-state index is 12.4. The lowest BCUT2D eigenvalue weighted by atomic mass is 10.1. The van der Waals surface area contributed by atoms with Crippen molar-refractivity contribution in [1.82, 2.24) is 20.3 Å². The Bertz CT molecular complexity index is 689. The number of aromatic nitrogens is 3. The number of halogens is 1. The smallest absolute Gasteiger partial charge is 0.271 e. The number of anilines is 1. The second-order valence-corrected chi connectivity index (χ2v) is 6.19. The van der Waals surface area contributed by atoms with Gasteiger partial charge in [0.25, 0.3) is 5.91 Å². The molecule has 7 heteroatoms. The van der Waals surface area contributed by atoms with Crippen LogP contribution in [0.4, 0.5) is 5.95 Å². The van der Waals surface area contributed by atoms with Crippen LogP contribution >= 0.6 is 11.6 Å². The van der Waals surface area contributed by atoms with Crippen molar-refractivity contribution < 1.29 is 4.79 Å². The van der Waals surface area contributed by atoms with Crippen LogP contribution in [-0.4, -0.2) is 40.5 Å². The Balaban J connectivity index is 1.63. The molecule has 0 spiro atoms.